The summed E-state index contributed by atoms with van der Waals surface area (Å²) < 4.78 is 14.8. The highest BCUT2D eigenvalue weighted by Crippen LogP contribution is 2.34. The average Bonchev–Trinajstić information content (AvgIpc) is 2.41. The van der Waals surface area contributed by atoms with Gasteiger partial charge in [-0.15, -0.1) is 0 Å². The van der Waals surface area contributed by atoms with Gasteiger partial charge in [0.25, 0.3) is 0 Å². The fourth-order valence-electron chi connectivity index (χ4n) is 2.40. The quantitative estimate of drug-likeness (QED) is 0.685. The summed E-state index contributed by atoms with van der Waals surface area (Å²) in [6.45, 7) is 6.34. The average molecular weight is 371 g/mol. The molecule has 2 aromatic carbocycles. The van der Waals surface area contributed by atoms with E-state index in [1.165, 1.54) is 6.07 Å². The Kier molecular flexibility index (Phi) is 4.76. The molecule has 2 rings (SSSR count). The highest BCUT2D eigenvalue weighted by molar-refractivity contribution is 9.10. The zero-order valence-electron chi connectivity index (χ0n) is 12.3. The summed E-state index contributed by atoms with van der Waals surface area (Å²) >= 11 is 9.30. The standard InChI is InChI=1S/C17H18BrClFN/c1-17(2,3)12-7-5-4-6-10(12)16(21)11-8-14(19)13(18)9-15(11)20/h4-9,16H,21H2,1-3H3. The molecule has 1 unspecified atom stereocenters. The van der Waals surface area contributed by atoms with Crippen LogP contribution < -0.4 is 5.73 Å². The van der Waals surface area contributed by atoms with Gasteiger partial charge in [-0.2, -0.15) is 0 Å². The molecule has 0 saturated heterocycles. The molecular formula is C17H18BrClFN. The third-order valence-corrected chi connectivity index (χ3v) is 4.68. The van der Waals surface area contributed by atoms with Crippen LogP contribution in [0.1, 0.15) is 43.5 Å². The zero-order chi connectivity index (χ0) is 15.8. The molecule has 2 aromatic rings. The Bertz CT molecular complexity index is 664. The number of benzene rings is 2. The first-order chi connectivity index (χ1) is 9.71. The predicted octanol–water partition coefficient (Wildman–Crippen LogP) is 5.59. The van der Waals surface area contributed by atoms with Crippen molar-refractivity contribution >= 4 is 27.5 Å². The lowest BCUT2D eigenvalue weighted by molar-refractivity contribution is 0.568. The van der Waals surface area contributed by atoms with Gasteiger partial charge < -0.3 is 5.73 Å². The minimum Gasteiger partial charge on any atom is -0.320 e. The van der Waals surface area contributed by atoms with Crippen LogP contribution in [0.4, 0.5) is 4.39 Å². The van der Waals surface area contributed by atoms with Gasteiger partial charge in [0.1, 0.15) is 5.82 Å². The Hall–Kier alpha value is -0.900. The van der Waals surface area contributed by atoms with Crippen LogP contribution in [0.5, 0.6) is 0 Å². The van der Waals surface area contributed by atoms with Crippen LogP contribution in [-0.2, 0) is 5.41 Å². The summed E-state index contributed by atoms with van der Waals surface area (Å²) in [6.07, 6.45) is 0. The van der Waals surface area contributed by atoms with Gasteiger partial charge in [0, 0.05) is 10.0 Å². The summed E-state index contributed by atoms with van der Waals surface area (Å²) in [5.74, 6) is -0.359. The van der Waals surface area contributed by atoms with Gasteiger partial charge in [0.05, 0.1) is 11.1 Å². The Balaban J connectivity index is 2.56. The third kappa shape index (κ3) is 3.47. The van der Waals surface area contributed by atoms with Gasteiger partial charge in [0.2, 0.25) is 0 Å². The van der Waals surface area contributed by atoms with Crippen molar-refractivity contribution in [3.8, 4) is 0 Å². The smallest absolute Gasteiger partial charge is 0.129 e. The molecule has 0 amide bonds. The fourth-order valence-corrected chi connectivity index (χ4v) is 2.88. The molecule has 0 fully saturated rings. The normalized spacial score (nSPS) is 13.3. The van der Waals surface area contributed by atoms with E-state index < -0.39 is 6.04 Å². The molecule has 4 heteroatoms. The van der Waals surface area contributed by atoms with Crippen molar-refractivity contribution in [3.05, 3.63) is 68.4 Å². The summed E-state index contributed by atoms with van der Waals surface area (Å²) in [5, 5.41) is 0.454. The van der Waals surface area contributed by atoms with E-state index in [1.807, 2.05) is 24.3 Å². The Morgan fingerprint density at radius 3 is 2.38 bits per heavy atom. The molecule has 0 aliphatic rings. The van der Waals surface area contributed by atoms with Gasteiger partial charge in [-0.05, 0) is 44.6 Å². The molecule has 0 aliphatic carbocycles. The van der Waals surface area contributed by atoms with Crippen molar-refractivity contribution in [2.75, 3.05) is 0 Å². The van der Waals surface area contributed by atoms with Gasteiger partial charge in [-0.3, -0.25) is 0 Å². The molecule has 1 nitrogen and oxygen atoms in total. The van der Waals surface area contributed by atoms with Crippen molar-refractivity contribution < 1.29 is 4.39 Å². The van der Waals surface area contributed by atoms with E-state index in [0.29, 0.717) is 15.1 Å². The number of hydrogen-bond donors (Lipinski definition) is 1. The van der Waals surface area contributed by atoms with Gasteiger partial charge >= 0.3 is 0 Å². The van der Waals surface area contributed by atoms with Crippen molar-refractivity contribution in [2.24, 2.45) is 5.73 Å². The van der Waals surface area contributed by atoms with E-state index in [9.17, 15) is 4.39 Å². The van der Waals surface area contributed by atoms with Crippen LogP contribution in [0.2, 0.25) is 5.02 Å². The molecule has 112 valence electrons. The van der Waals surface area contributed by atoms with Crippen LogP contribution in [0.3, 0.4) is 0 Å². The van der Waals surface area contributed by atoms with Crippen LogP contribution >= 0.6 is 27.5 Å². The van der Waals surface area contributed by atoms with Gasteiger partial charge in [-0.1, -0.05) is 56.6 Å². The second kappa shape index (κ2) is 6.07. The second-order valence-electron chi connectivity index (χ2n) is 6.10. The molecule has 0 heterocycles. The topological polar surface area (TPSA) is 26.0 Å². The molecule has 0 aromatic heterocycles. The number of halogens is 3. The van der Waals surface area contributed by atoms with Gasteiger partial charge in [0.15, 0.2) is 0 Å². The first-order valence-corrected chi connectivity index (χ1v) is 7.88. The van der Waals surface area contributed by atoms with Crippen LogP contribution in [0, 0.1) is 5.82 Å². The summed E-state index contributed by atoms with van der Waals surface area (Å²) in [4.78, 5) is 0. The lowest BCUT2D eigenvalue weighted by atomic mass is 9.81. The minimum absolute atomic E-state index is 0.0656. The Labute approximate surface area is 138 Å². The van der Waals surface area contributed by atoms with E-state index in [-0.39, 0.29) is 11.2 Å². The van der Waals surface area contributed by atoms with Crippen LogP contribution in [-0.4, -0.2) is 0 Å². The molecule has 21 heavy (non-hydrogen) atoms. The van der Waals surface area contributed by atoms with Crippen molar-refractivity contribution in [2.45, 2.75) is 32.2 Å². The Morgan fingerprint density at radius 2 is 1.76 bits per heavy atom. The monoisotopic (exact) mass is 369 g/mol. The zero-order valence-corrected chi connectivity index (χ0v) is 14.6. The van der Waals surface area contributed by atoms with Crippen LogP contribution in [0.25, 0.3) is 0 Å². The maximum Gasteiger partial charge on any atom is 0.129 e. The lowest BCUT2D eigenvalue weighted by Gasteiger charge is -2.26. The molecule has 0 saturated carbocycles. The highest BCUT2D eigenvalue weighted by Gasteiger charge is 2.23. The number of nitrogens with two attached hydrogens (primary N) is 1. The molecule has 0 spiro atoms. The molecule has 0 radical (unpaired) electrons. The summed E-state index contributed by atoms with van der Waals surface area (Å²) in [7, 11) is 0. The maximum absolute atomic E-state index is 14.2. The molecular weight excluding hydrogens is 353 g/mol. The van der Waals surface area contributed by atoms with Crippen LogP contribution in [0.15, 0.2) is 40.9 Å². The maximum atomic E-state index is 14.2. The van der Waals surface area contributed by atoms with E-state index in [2.05, 4.69) is 36.7 Å². The van der Waals surface area contributed by atoms with Crippen molar-refractivity contribution in [1.29, 1.82) is 0 Å². The SMILES string of the molecule is CC(C)(C)c1ccccc1C(N)c1cc(Cl)c(Br)cc1F. The highest BCUT2D eigenvalue weighted by atomic mass is 79.9. The van der Waals surface area contributed by atoms with E-state index in [0.717, 1.165) is 11.1 Å². The molecule has 0 bridgehead atoms. The first kappa shape index (κ1) is 16.5. The van der Waals surface area contributed by atoms with E-state index in [1.54, 1.807) is 6.07 Å². The van der Waals surface area contributed by atoms with Crippen molar-refractivity contribution in [1.82, 2.24) is 0 Å². The minimum atomic E-state index is -0.550. The lowest BCUT2D eigenvalue weighted by Crippen LogP contribution is -2.21. The van der Waals surface area contributed by atoms with Crippen molar-refractivity contribution in [3.63, 3.8) is 0 Å². The van der Waals surface area contributed by atoms with E-state index in [4.69, 9.17) is 17.3 Å². The number of rotatable bonds is 2. The summed E-state index contributed by atoms with van der Waals surface area (Å²) in [5.41, 5.74) is 8.68. The molecule has 1 atom stereocenters. The molecule has 2 N–H and O–H groups in total. The first-order valence-electron chi connectivity index (χ1n) is 6.71. The molecule has 0 aliphatic heterocycles. The van der Waals surface area contributed by atoms with Gasteiger partial charge in [-0.25, -0.2) is 4.39 Å². The third-order valence-electron chi connectivity index (χ3n) is 3.48. The summed E-state index contributed by atoms with van der Waals surface area (Å²) in [6, 6.07) is 10.3. The second-order valence-corrected chi connectivity index (χ2v) is 7.36. The number of hydrogen-bond acceptors (Lipinski definition) is 1. The fraction of sp³-hybridized carbons (Fsp3) is 0.294. The predicted molar refractivity (Wildman–Crippen MR) is 90.3 cm³/mol. The Morgan fingerprint density at radius 1 is 1.14 bits per heavy atom. The van der Waals surface area contributed by atoms with E-state index >= 15 is 0 Å². The largest absolute Gasteiger partial charge is 0.320 e.